The number of aliphatic hydroxyl groups is 1. The predicted molar refractivity (Wildman–Crippen MR) is 40.1 cm³/mol. The molecule has 0 aliphatic heterocycles. The van der Waals surface area contributed by atoms with Gasteiger partial charge in [0.1, 0.15) is 5.69 Å². The molecular weight excluding hydrogens is 207 g/mol. The van der Waals surface area contributed by atoms with Crippen LogP contribution >= 0.6 is 11.6 Å². The van der Waals surface area contributed by atoms with E-state index in [1.54, 1.807) is 0 Å². The average Bonchev–Trinajstić information content (AvgIpc) is 2.07. The minimum atomic E-state index is -2.92. The number of alkyl halides is 2. The Hall–Kier alpha value is -0.810. The fourth-order valence-electron chi connectivity index (χ4n) is 0.781. The van der Waals surface area contributed by atoms with Crippen molar-refractivity contribution in [1.82, 2.24) is 4.98 Å². The lowest BCUT2D eigenvalue weighted by Crippen LogP contribution is -2.00. The maximum atomic E-state index is 12.7. The van der Waals surface area contributed by atoms with Gasteiger partial charge in [-0.25, -0.2) is 13.8 Å². The van der Waals surface area contributed by atoms with Gasteiger partial charge in [0.2, 0.25) is 5.95 Å². The first-order valence-corrected chi connectivity index (χ1v) is 3.68. The molecular formula is C7H5ClF3NO. The molecule has 0 bridgehead atoms. The number of aliphatic hydroxyl groups excluding tert-OH is 1. The minimum absolute atomic E-state index is 0.200. The molecule has 0 fully saturated rings. The number of aromatic nitrogens is 1. The second-order valence-corrected chi connectivity index (χ2v) is 2.67. The molecule has 1 N–H and O–H groups in total. The lowest BCUT2D eigenvalue weighted by atomic mass is 10.2. The number of rotatable bonds is 2. The molecule has 0 saturated heterocycles. The molecule has 13 heavy (non-hydrogen) atoms. The van der Waals surface area contributed by atoms with Gasteiger partial charge in [0.25, 0.3) is 6.43 Å². The third-order valence-electron chi connectivity index (χ3n) is 1.41. The molecule has 6 heteroatoms. The maximum absolute atomic E-state index is 12.7. The van der Waals surface area contributed by atoms with Crippen molar-refractivity contribution in [2.24, 2.45) is 0 Å². The molecule has 0 aromatic carbocycles. The Morgan fingerprint density at radius 2 is 2.15 bits per heavy atom. The Balaban J connectivity index is 3.20. The summed E-state index contributed by atoms with van der Waals surface area (Å²) in [4.78, 5) is 2.93. The van der Waals surface area contributed by atoms with Gasteiger partial charge < -0.3 is 5.11 Å². The van der Waals surface area contributed by atoms with Crippen LogP contribution in [0.3, 0.4) is 0 Å². The fourth-order valence-corrected chi connectivity index (χ4v) is 1.04. The quantitative estimate of drug-likeness (QED) is 0.762. The minimum Gasteiger partial charge on any atom is -0.392 e. The number of pyridine rings is 1. The fraction of sp³-hybridized carbons (Fsp3) is 0.286. The maximum Gasteiger partial charge on any atom is 0.281 e. The molecule has 1 aromatic rings. The largest absolute Gasteiger partial charge is 0.392 e. The van der Waals surface area contributed by atoms with Gasteiger partial charge in [0.05, 0.1) is 11.6 Å². The van der Waals surface area contributed by atoms with E-state index in [0.29, 0.717) is 0 Å². The summed E-state index contributed by atoms with van der Waals surface area (Å²) in [5, 5.41) is 8.20. The predicted octanol–water partition coefficient (Wildman–Crippen LogP) is 2.30. The number of hydrogen-bond acceptors (Lipinski definition) is 2. The SMILES string of the molecule is OCc1cc(Cl)c(C(F)F)nc1F. The second-order valence-electron chi connectivity index (χ2n) is 2.26. The Labute approximate surface area is 77.0 Å². The van der Waals surface area contributed by atoms with Crippen LogP contribution in [-0.4, -0.2) is 10.1 Å². The van der Waals surface area contributed by atoms with Gasteiger partial charge in [0, 0.05) is 5.56 Å². The Kier molecular flexibility index (Phi) is 3.11. The zero-order chi connectivity index (χ0) is 10.0. The van der Waals surface area contributed by atoms with Crippen LogP contribution in [0.15, 0.2) is 6.07 Å². The van der Waals surface area contributed by atoms with E-state index in [9.17, 15) is 13.2 Å². The number of halogens is 4. The van der Waals surface area contributed by atoms with Crippen molar-refractivity contribution in [1.29, 1.82) is 0 Å². The number of hydrogen-bond donors (Lipinski definition) is 1. The topological polar surface area (TPSA) is 33.1 Å². The molecule has 1 heterocycles. The third kappa shape index (κ3) is 2.10. The summed E-state index contributed by atoms with van der Waals surface area (Å²) in [6.45, 7) is -0.623. The van der Waals surface area contributed by atoms with E-state index in [2.05, 4.69) is 4.98 Å². The summed E-state index contributed by atoms with van der Waals surface area (Å²) in [5.41, 5.74) is -1.01. The Morgan fingerprint density at radius 1 is 1.54 bits per heavy atom. The highest BCUT2D eigenvalue weighted by Crippen LogP contribution is 2.26. The van der Waals surface area contributed by atoms with E-state index < -0.39 is 24.7 Å². The van der Waals surface area contributed by atoms with Crippen molar-refractivity contribution in [3.05, 3.63) is 28.3 Å². The van der Waals surface area contributed by atoms with Crippen LogP contribution in [-0.2, 0) is 6.61 Å². The van der Waals surface area contributed by atoms with Crippen LogP contribution < -0.4 is 0 Å². The zero-order valence-electron chi connectivity index (χ0n) is 6.27. The first-order chi connectivity index (χ1) is 6.06. The van der Waals surface area contributed by atoms with E-state index in [0.717, 1.165) is 6.07 Å². The molecule has 0 saturated carbocycles. The van der Waals surface area contributed by atoms with E-state index in [1.165, 1.54) is 0 Å². The van der Waals surface area contributed by atoms with Gasteiger partial charge in [0.15, 0.2) is 0 Å². The molecule has 0 aliphatic carbocycles. The van der Waals surface area contributed by atoms with Crippen molar-refractivity contribution < 1.29 is 18.3 Å². The summed E-state index contributed by atoms with van der Waals surface area (Å²) in [7, 11) is 0. The van der Waals surface area contributed by atoms with Crippen LogP contribution in [0.2, 0.25) is 5.02 Å². The summed E-state index contributed by atoms with van der Waals surface area (Å²) in [6, 6.07) is 0.936. The summed E-state index contributed by atoms with van der Waals surface area (Å²) < 4.78 is 36.9. The van der Waals surface area contributed by atoms with Crippen LogP contribution in [0.25, 0.3) is 0 Å². The monoisotopic (exact) mass is 211 g/mol. The molecule has 72 valence electrons. The highest BCUT2D eigenvalue weighted by Gasteiger charge is 2.17. The van der Waals surface area contributed by atoms with Crippen LogP contribution in [0, 0.1) is 5.95 Å². The zero-order valence-corrected chi connectivity index (χ0v) is 7.02. The van der Waals surface area contributed by atoms with Crippen LogP contribution in [0.1, 0.15) is 17.7 Å². The van der Waals surface area contributed by atoms with Gasteiger partial charge >= 0.3 is 0 Å². The second kappa shape index (κ2) is 3.93. The van der Waals surface area contributed by atoms with Crippen LogP contribution in [0.4, 0.5) is 13.2 Å². The first kappa shape index (κ1) is 10.3. The van der Waals surface area contributed by atoms with E-state index >= 15 is 0 Å². The summed E-state index contributed by atoms with van der Waals surface area (Å²) in [5.74, 6) is -1.12. The van der Waals surface area contributed by atoms with Crippen molar-refractivity contribution >= 4 is 11.6 Å². The average molecular weight is 212 g/mol. The summed E-state index contributed by atoms with van der Waals surface area (Å²) >= 11 is 5.35. The third-order valence-corrected chi connectivity index (χ3v) is 1.71. The van der Waals surface area contributed by atoms with Crippen molar-refractivity contribution in [2.75, 3.05) is 0 Å². The molecule has 1 rings (SSSR count). The molecule has 0 atom stereocenters. The van der Waals surface area contributed by atoms with Gasteiger partial charge in [-0.3, -0.25) is 0 Å². The molecule has 1 aromatic heterocycles. The highest BCUT2D eigenvalue weighted by molar-refractivity contribution is 6.31. The van der Waals surface area contributed by atoms with Gasteiger partial charge in [-0.05, 0) is 6.07 Å². The molecule has 0 unspecified atom stereocenters. The van der Waals surface area contributed by atoms with Gasteiger partial charge in [-0.2, -0.15) is 4.39 Å². The van der Waals surface area contributed by atoms with Crippen molar-refractivity contribution in [2.45, 2.75) is 13.0 Å². The van der Waals surface area contributed by atoms with Crippen LogP contribution in [0.5, 0.6) is 0 Å². The molecule has 0 radical (unpaired) electrons. The lowest BCUT2D eigenvalue weighted by Gasteiger charge is -2.04. The van der Waals surface area contributed by atoms with E-state index in [4.69, 9.17) is 16.7 Å². The molecule has 2 nitrogen and oxygen atoms in total. The molecule has 0 aliphatic rings. The Bertz CT molecular complexity index is 319. The standard InChI is InChI=1S/C7H5ClF3NO/c8-4-1-3(2-13)7(11)12-5(4)6(9)10/h1,6,13H,2H2. The van der Waals surface area contributed by atoms with Crippen molar-refractivity contribution in [3.63, 3.8) is 0 Å². The van der Waals surface area contributed by atoms with E-state index in [1.807, 2.05) is 0 Å². The summed E-state index contributed by atoms with van der Waals surface area (Å²) in [6.07, 6.45) is -2.92. The van der Waals surface area contributed by atoms with Gasteiger partial charge in [-0.15, -0.1) is 0 Å². The first-order valence-electron chi connectivity index (χ1n) is 3.30. The Morgan fingerprint density at radius 3 is 2.62 bits per heavy atom. The highest BCUT2D eigenvalue weighted by atomic mass is 35.5. The smallest absolute Gasteiger partial charge is 0.281 e. The normalized spacial score (nSPS) is 10.9. The van der Waals surface area contributed by atoms with Gasteiger partial charge in [-0.1, -0.05) is 11.6 Å². The number of nitrogens with zero attached hydrogens (tertiary/aromatic N) is 1. The molecule has 0 spiro atoms. The van der Waals surface area contributed by atoms with Crippen molar-refractivity contribution in [3.8, 4) is 0 Å². The lowest BCUT2D eigenvalue weighted by molar-refractivity contribution is 0.144. The van der Waals surface area contributed by atoms with E-state index in [-0.39, 0.29) is 10.6 Å². The molecule has 0 amide bonds.